The van der Waals surface area contributed by atoms with E-state index in [0.717, 1.165) is 11.1 Å². The minimum Gasteiger partial charge on any atom is -0.349 e. The maximum absolute atomic E-state index is 12.3. The van der Waals surface area contributed by atoms with Crippen LogP contribution in [0, 0.1) is 5.92 Å². The van der Waals surface area contributed by atoms with Crippen LogP contribution >= 0.6 is 0 Å². The highest BCUT2D eigenvalue weighted by Crippen LogP contribution is 2.14. The topological polar surface area (TPSA) is 58.2 Å². The molecule has 0 heterocycles. The quantitative estimate of drug-likeness (QED) is 0.800. The molecule has 4 heteroatoms. The Bertz CT molecular complexity index is 611. The van der Waals surface area contributed by atoms with Crippen LogP contribution in [0.3, 0.4) is 0 Å². The van der Waals surface area contributed by atoms with Crippen LogP contribution in [0.4, 0.5) is 0 Å². The zero-order valence-corrected chi connectivity index (χ0v) is 14.3. The standard InChI is InChI=1S/C20H24N2O2/c1-14(19(23)21-15(2)17-10-6-4-7-11-17)20(24)22-16(3)18-12-8-5-9-13-18/h4-16H,1-3H3,(H,21,23)(H,22,24)/t14?,15-,16+. The Morgan fingerprint density at radius 1 is 0.667 bits per heavy atom. The Kier molecular flexibility index (Phi) is 6.13. The molecule has 0 saturated carbocycles. The van der Waals surface area contributed by atoms with Crippen LogP contribution in [0.25, 0.3) is 0 Å². The zero-order valence-electron chi connectivity index (χ0n) is 14.3. The fraction of sp³-hybridized carbons (Fsp3) is 0.300. The molecule has 0 aliphatic rings. The third-order valence-electron chi connectivity index (χ3n) is 4.10. The lowest BCUT2D eigenvalue weighted by molar-refractivity contribution is -0.135. The van der Waals surface area contributed by atoms with E-state index in [2.05, 4.69) is 10.6 Å². The van der Waals surface area contributed by atoms with E-state index in [0.29, 0.717) is 0 Å². The third kappa shape index (κ3) is 4.69. The van der Waals surface area contributed by atoms with Crippen molar-refractivity contribution in [2.24, 2.45) is 5.92 Å². The van der Waals surface area contributed by atoms with E-state index in [-0.39, 0.29) is 23.9 Å². The predicted octanol–water partition coefficient (Wildman–Crippen LogP) is 3.38. The first-order valence-electron chi connectivity index (χ1n) is 8.19. The summed E-state index contributed by atoms with van der Waals surface area (Å²) in [6.07, 6.45) is 0. The molecule has 0 aliphatic carbocycles. The molecular weight excluding hydrogens is 300 g/mol. The van der Waals surface area contributed by atoms with Crippen molar-refractivity contribution < 1.29 is 9.59 Å². The second-order valence-electron chi connectivity index (χ2n) is 6.00. The van der Waals surface area contributed by atoms with E-state index in [4.69, 9.17) is 0 Å². The maximum Gasteiger partial charge on any atom is 0.232 e. The minimum atomic E-state index is -0.748. The molecule has 3 atom stereocenters. The van der Waals surface area contributed by atoms with Crippen molar-refractivity contribution >= 4 is 11.8 Å². The lowest BCUT2D eigenvalue weighted by Crippen LogP contribution is -2.41. The molecule has 0 spiro atoms. The average molecular weight is 324 g/mol. The van der Waals surface area contributed by atoms with Crippen LogP contribution in [0.2, 0.25) is 0 Å². The number of nitrogens with one attached hydrogen (secondary N) is 2. The second kappa shape index (κ2) is 8.29. The van der Waals surface area contributed by atoms with Crippen molar-refractivity contribution in [1.82, 2.24) is 10.6 Å². The molecule has 0 aliphatic heterocycles. The Balaban J connectivity index is 1.91. The number of benzene rings is 2. The molecule has 0 aromatic heterocycles. The van der Waals surface area contributed by atoms with E-state index in [9.17, 15) is 9.59 Å². The molecule has 0 radical (unpaired) electrons. The Morgan fingerprint density at radius 2 is 1.00 bits per heavy atom. The maximum atomic E-state index is 12.3. The van der Waals surface area contributed by atoms with E-state index in [1.807, 2.05) is 74.5 Å². The van der Waals surface area contributed by atoms with Gasteiger partial charge in [-0.05, 0) is 31.9 Å². The summed E-state index contributed by atoms with van der Waals surface area (Å²) in [4.78, 5) is 24.6. The van der Waals surface area contributed by atoms with Gasteiger partial charge in [-0.15, -0.1) is 0 Å². The van der Waals surface area contributed by atoms with Crippen molar-refractivity contribution in [3.05, 3.63) is 71.8 Å². The van der Waals surface area contributed by atoms with Gasteiger partial charge in [-0.3, -0.25) is 9.59 Å². The van der Waals surface area contributed by atoms with Gasteiger partial charge in [0.25, 0.3) is 0 Å². The summed E-state index contributed by atoms with van der Waals surface area (Å²) in [5, 5.41) is 5.78. The predicted molar refractivity (Wildman–Crippen MR) is 95.2 cm³/mol. The molecule has 2 N–H and O–H groups in total. The molecule has 0 fully saturated rings. The second-order valence-corrected chi connectivity index (χ2v) is 6.00. The number of hydrogen-bond acceptors (Lipinski definition) is 2. The summed E-state index contributed by atoms with van der Waals surface area (Å²) in [6.45, 7) is 5.44. The van der Waals surface area contributed by atoms with Gasteiger partial charge < -0.3 is 10.6 Å². The molecule has 24 heavy (non-hydrogen) atoms. The normalized spacial score (nSPS) is 14.3. The van der Waals surface area contributed by atoms with Gasteiger partial charge in [-0.2, -0.15) is 0 Å². The summed E-state index contributed by atoms with van der Waals surface area (Å²) in [5.41, 5.74) is 2.02. The molecule has 2 aromatic rings. The largest absolute Gasteiger partial charge is 0.349 e. The molecule has 2 amide bonds. The highest BCUT2D eigenvalue weighted by atomic mass is 16.2. The first-order chi connectivity index (χ1) is 11.5. The van der Waals surface area contributed by atoms with Gasteiger partial charge >= 0.3 is 0 Å². The lowest BCUT2D eigenvalue weighted by Gasteiger charge is -2.20. The van der Waals surface area contributed by atoms with Gasteiger partial charge in [0.2, 0.25) is 11.8 Å². The van der Waals surface area contributed by atoms with Crippen LogP contribution in [0.1, 0.15) is 44.0 Å². The van der Waals surface area contributed by atoms with Gasteiger partial charge in [0, 0.05) is 0 Å². The molecule has 1 unspecified atom stereocenters. The van der Waals surface area contributed by atoms with Gasteiger partial charge in [-0.25, -0.2) is 0 Å². The van der Waals surface area contributed by atoms with Crippen LogP contribution in [0.15, 0.2) is 60.7 Å². The van der Waals surface area contributed by atoms with Crippen molar-refractivity contribution in [2.45, 2.75) is 32.9 Å². The van der Waals surface area contributed by atoms with E-state index >= 15 is 0 Å². The summed E-state index contributed by atoms with van der Waals surface area (Å²) in [7, 11) is 0. The van der Waals surface area contributed by atoms with E-state index in [1.165, 1.54) is 0 Å². The Morgan fingerprint density at radius 3 is 1.33 bits per heavy atom. The van der Waals surface area contributed by atoms with Crippen molar-refractivity contribution in [3.63, 3.8) is 0 Å². The van der Waals surface area contributed by atoms with Crippen LogP contribution in [-0.4, -0.2) is 11.8 Å². The number of carbonyl (C=O) groups excluding carboxylic acids is 2. The molecule has 4 nitrogen and oxygen atoms in total. The highest BCUT2D eigenvalue weighted by Gasteiger charge is 2.24. The fourth-order valence-corrected chi connectivity index (χ4v) is 2.45. The third-order valence-corrected chi connectivity index (χ3v) is 4.10. The number of carbonyl (C=O) groups is 2. The smallest absolute Gasteiger partial charge is 0.232 e. The van der Waals surface area contributed by atoms with Crippen molar-refractivity contribution in [3.8, 4) is 0 Å². The Hall–Kier alpha value is -2.62. The van der Waals surface area contributed by atoms with Crippen molar-refractivity contribution in [2.75, 3.05) is 0 Å². The van der Waals surface area contributed by atoms with Gasteiger partial charge in [0.1, 0.15) is 5.92 Å². The first kappa shape index (κ1) is 17.7. The summed E-state index contributed by atoms with van der Waals surface area (Å²) < 4.78 is 0. The SMILES string of the molecule is CC(C(=O)N[C@@H](C)c1ccccc1)C(=O)N[C@H](C)c1ccccc1. The summed E-state index contributed by atoms with van der Waals surface area (Å²) in [6, 6.07) is 19.1. The van der Waals surface area contributed by atoms with Gasteiger partial charge in [0.15, 0.2) is 0 Å². The fourth-order valence-electron chi connectivity index (χ4n) is 2.45. The first-order valence-corrected chi connectivity index (χ1v) is 8.19. The molecule has 126 valence electrons. The van der Waals surface area contributed by atoms with E-state index in [1.54, 1.807) is 6.92 Å². The molecule has 2 aromatic carbocycles. The molecular formula is C20H24N2O2. The minimum absolute atomic E-state index is 0.138. The highest BCUT2D eigenvalue weighted by molar-refractivity contribution is 6.00. The number of hydrogen-bond donors (Lipinski definition) is 2. The van der Waals surface area contributed by atoms with E-state index < -0.39 is 5.92 Å². The monoisotopic (exact) mass is 324 g/mol. The molecule has 0 bridgehead atoms. The number of rotatable bonds is 6. The Labute approximate surface area is 143 Å². The van der Waals surface area contributed by atoms with Crippen LogP contribution < -0.4 is 10.6 Å². The summed E-state index contributed by atoms with van der Waals surface area (Å²) in [5.74, 6) is -1.30. The van der Waals surface area contributed by atoms with Crippen molar-refractivity contribution in [1.29, 1.82) is 0 Å². The van der Waals surface area contributed by atoms with Gasteiger partial charge in [-0.1, -0.05) is 60.7 Å². The number of amides is 2. The lowest BCUT2D eigenvalue weighted by atomic mass is 10.0. The van der Waals surface area contributed by atoms with Crippen LogP contribution in [-0.2, 0) is 9.59 Å². The summed E-state index contributed by atoms with van der Waals surface area (Å²) >= 11 is 0. The van der Waals surface area contributed by atoms with Crippen LogP contribution in [0.5, 0.6) is 0 Å². The molecule has 0 saturated heterocycles. The zero-order chi connectivity index (χ0) is 17.5. The molecule has 2 rings (SSSR count). The van der Waals surface area contributed by atoms with Gasteiger partial charge in [0.05, 0.1) is 12.1 Å². The average Bonchev–Trinajstić information content (AvgIpc) is 2.62.